The Kier molecular flexibility index (Phi) is 6.54. The number of benzene rings is 2. The predicted octanol–water partition coefficient (Wildman–Crippen LogP) is 3.48. The molecule has 25 heavy (non-hydrogen) atoms. The zero-order chi connectivity index (χ0) is 18.2. The summed E-state index contributed by atoms with van der Waals surface area (Å²) in [5.41, 5.74) is 1.39. The number of carbonyl (C=O) groups is 3. The molecule has 0 radical (unpaired) electrons. The Morgan fingerprint density at radius 3 is 2.20 bits per heavy atom. The number of amides is 2. The van der Waals surface area contributed by atoms with Crippen molar-refractivity contribution < 1.29 is 19.1 Å². The van der Waals surface area contributed by atoms with E-state index in [9.17, 15) is 14.4 Å². The van der Waals surface area contributed by atoms with Gasteiger partial charge in [-0.2, -0.15) is 0 Å². The van der Waals surface area contributed by atoms with E-state index in [0.29, 0.717) is 28.6 Å². The molecule has 2 aromatic carbocycles. The van der Waals surface area contributed by atoms with Crippen LogP contribution < -0.4 is 10.6 Å². The summed E-state index contributed by atoms with van der Waals surface area (Å²) in [7, 11) is 0. The summed E-state index contributed by atoms with van der Waals surface area (Å²) in [4.78, 5) is 35.3. The first kappa shape index (κ1) is 18.5. The van der Waals surface area contributed by atoms with E-state index in [0.717, 1.165) is 0 Å². The van der Waals surface area contributed by atoms with E-state index < -0.39 is 17.8 Å². The van der Waals surface area contributed by atoms with Gasteiger partial charge in [-0.05, 0) is 49.4 Å². The van der Waals surface area contributed by atoms with Crippen LogP contribution in [0.3, 0.4) is 0 Å². The van der Waals surface area contributed by atoms with E-state index in [1.807, 2.05) is 0 Å². The second kappa shape index (κ2) is 8.84. The van der Waals surface area contributed by atoms with E-state index in [-0.39, 0.29) is 6.42 Å². The van der Waals surface area contributed by atoms with Gasteiger partial charge in [-0.15, -0.1) is 0 Å². The highest BCUT2D eigenvalue weighted by Crippen LogP contribution is 2.15. The van der Waals surface area contributed by atoms with Crippen molar-refractivity contribution in [3.63, 3.8) is 0 Å². The van der Waals surface area contributed by atoms with Crippen molar-refractivity contribution in [3.05, 3.63) is 59.1 Å². The Labute approximate surface area is 150 Å². The SMILES string of the molecule is CCOC(=O)c1ccc(NC(=O)CC(=O)Nc2cccc(Cl)c2)cc1. The summed E-state index contributed by atoms with van der Waals surface area (Å²) in [6, 6.07) is 12.9. The largest absolute Gasteiger partial charge is 0.462 e. The molecule has 0 bridgehead atoms. The first-order valence-electron chi connectivity index (χ1n) is 7.60. The van der Waals surface area contributed by atoms with E-state index in [2.05, 4.69) is 10.6 Å². The average molecular weight is 361 g/mol. The highest BCUT2D eigenvalue weighted by atomic mass is 35.5. The van der Waals surface area contributed by atoms with Crippen molar-refractivity contribution in [2.24, 2.45) is 0 Å². The van der Waals surface area contributed by atoms with Crippen LogP contribution in [0.25, 0.3) is 0 Å². The normalized spacial score (nSPS) is 10.0. The van der Waals surface area contributed by atoms with Crippen molar-refractivity contribution in [1.29, 1.82) is 0 Å². The Morgan fingerprint density at radius 1 is 0.960 bits per heavy atom. The summed E-state index contributed by atoms with van der Waals surface area (Å²) in [5.74, 6) is -1.35. The van der Waals surface area contributed by atoms with Gasteiger partial charge in [-0.1, -0.05) is 17.7 Å². The fourth-order valence-corrected chi connectivity index (χ4v) is 2.22. The van der Waals surface area contributed by atoms with E-state index in [4.69, 9.17) is 16.3 Å². The Balaban J connectivity index is 1.87. The fourth-order valence-electron chi connectivity index (χ4n) is 2.03. The van der Waals surface area contributed by atoms with Crippen LogP contribution in [0.1, 0.15) is 23.7 Å². The predicted molar refractivity (Wildman–Crippen MR) is 95.7 cm³/mol. The average Bonchev–Trinajstić information content (AvgIpc) is 2.55. The molecule has 2 N–H and O–H groups in total. The van der Waals surface area contributed by atoms with Gasteiger partial charge in [0.15, 0.2) is 0 Å². The molecule has 0 aliphatic rings. The van der Waals surface area contributed by atoms with Crippen LogP contribution in [0.4, 0.5) is 11.4 Å². The number of esters is 1. The van der Waals surface area contributed by atoms with Crippen LogP contribution in [-0.4, -0.2) is 24.4 Å². The number of hydrogen-bond donors (Lipinski definition) is 2. The molecule has 0 heterocycles. The third-order valence-corrected chi connectivity index (χ3v) is 3.34. The molecule has 0 spiro atoms. The summed E-state index contributed by atoms with van der Waals surface area (Å²) in [6.07, 6.45) is -0.341. The maximum Gasteiger partial charge on any atom is 0.338 e. The first-order valence-corrected chi connectivity index (χ1v) is 7.98. The molecule has 2 amide bonds. The Bertz CT molecular complexity index is 775. The van der Waals surface area contributed by atoms with Gasteiger partial charge in [0, 0.05) is 16.4 Å². The molecule has 0 saturated carbocycles. The highest BCUT2D eigenvalue weighted by Gasteiger charge is 2.11. The van der Waals surface area contributed by atoms with Gasteiger partial charge in [-0.3, -0.25) is 9.59 Å². The van der Waals surface area contributed by atoms with Gasteiger partial charge < -0.3 is 15.4 Å². The number of ether oxygens (including phenoxy) is 1. The molecule has 0 atom stereocenters. The second-order valence-electron chi connectivity index (χ2n) is 5.08. The summed E-state index contributed by atoms with van der Waals surface area (Å²) in [6.45, 7) is 2.01. The van der Waals surface area contributed by atoms with Gasteiger partial charge in [0.2, 0.25) is 11.8 Å². The topological polar surface area (TPSA) is 84.5 Å². The van der Waals surface area contributed by atoms with Gasteiger partial charge in [0.25, 0.3) is 0 Å². The molecular formula is C18H17ClN2O4. The van der Waals surface area contributed by atoms with Gasteiger partial charge in [0.05, 0.1) is 12.2 Å². The van der Waals surface area contributed by atoms with Crippen molar-refractivity contribution in [2.45, 2.75) is 13.3 Å². The second-order valence-corrected chi connectivity index (χ2v) is 5.52. The van der Waals surface area contributed by atoms with Gasteiger partial charge >= 0.3 is 5.97 Å². The van der Waals surface area contributed by atoms with E-state index in [1.165, 1.54) is 0 Å². The van der Waals surface area contributed by atoms with Crippen LogP contribution in [0, 0.1) is 0 Å². The molecule has 0 unspecified atom stereocenters. The molecule has 0 saturated heterocycles. The molecular weight excluding hydrogens is 344 g/mol. The van der Waals surface area contributed by atoms with Crippen LogP contribution >= 0.6 is 11.6 Å². The number of halogens is 1. The minimum absolute atomic E-state index is 0.291. The lowest BCUT2D eigenvalue weighted by Gasteiger charge is -2.08. The van der Waals surface area contributed by atoms with Crippen LogP contribution in [0.2, 0.25) is 5.02 Å². The lowest BCUT2D eigenvalue weighted by molar-refractivity contribution is -0.123. The first-order chi connectivity index (χ1) is 12.0. The quantitative estimate of drug-likeness (QED) is 0.610. The molecule has 6 nitrogen and oxygen atoms in total. The summed E-state index contributed by atoms with van der Waals surface area (Å²) in [5, 5.41) is 5.67. The number of nitrogens with one attached hydrogen (secondary N) is 2. The fraction of sp³-hybridized carbons (Fsp3) is 0.167. The zero-order valence-electron chi connectivity index (χ0n) is 13.5. The van der Waals surface area contributed by atoms with Crippen molar-refractivity contribution in [1.82, 2.24) is 0 Å². The van der Waals surface area contributed by atoms with E-state index >= 15 is 0 Å². The monoisotopic (exact) mass is 360 g/mol. The van der Waals surface area contributed by atoms with Crippen LogP contribution in [-0.2, 0) is 14.3 Å². The van der Waals surface area contributed by atoms with Crippen LogP contribution in [0.5, 0.6) is 0 Å². The Morgan fingerprint density at radius 2 is 1.60 bits per heavy atom. The van der Waals surface area contributed by atoms with Crippen molar-refractivity contribution in [3.8, 4) is 0 Å². The smallest absolute Gasteiger partial charge is 0.338 e. The maximum atomic E-state index is 11.9. The highest BCUT2D eigenvalue weighted by molar-refractivity contribution is 6.30. The molecule has 2 aromatic rings. The summed E-state index contributed by atoms with van der Waals surface area (Å²) >= 11 is 5.83. The molecule has 2 rings (SSSR count). The van der Waals surface area contributed by atoms with Crippen LogP contribution in [0.15, 0.2) is 48.5 Å². The minimum Gasteiger partial charge on any atom is -0.462 e. The zero-order valence-corrected chi connectivity index (χ0v) is 14.3. The van der Waals surface area contributed by atoms with Crippen molar-refractivity contribution in [2.75, 3.05) is 17.2 Å². The lowest BCUT2D eigenvalue weighted by Crippen LogP contribution is -2.21. The van der Waals surface area contributed by atoms with Crippen molar-refractivity contribution >= 4 is 40.8 Å². The maximum absolute atomic E-state index is 11.9. The lowest BCUT2D eigenvalue weighted by atomic mass is 10.2. The minimum atomic E-state index is -0.469. The number of anilines is 2. The number of hydrogen-bond acceptors (Lipinski definition) is 4. The molecule has 7 heteroatoms. The molecule has 0 fully saturated rings. The third kappa shape index (κ3) is 5.93. The number of carbonyl (C=O) groups excluding carboxylic acids is 3. The van der Waals surface area contributed by atoms with Gasteiger partial charge in [0.1, 0.15) is 6.42 Å². The molecule has 0 aliphatic heterocycles. The van der Waals surface area contributed by atoms with E-state index in [1.54, 1.807) is 55.5 Å². The third-order valence-electron chi connectivity index (χ3n) is 3.11. The standard InChI is InChI=1S/C18H17ClN2O4/c1-2-25-18(24)12-6-8-14(9-7-12)20-16(22)11-17(23)21-15-5-3-4-13(19)10-15/h3-10H,2,11H2,1H3,(H,20,22)(H,21,23). The van der Waals surface area contributed by atoms with Gasteiger partial charge in [-0.25, -0.2) is 4.79 Å². The molecule has 130 valence electrons. The number of rotatable bonds is 6. The summed E-state index contributed by atoms with van der Waals surface area (Å²) < 4.78 is 4.88. The molecule has 0 aliphatic carbocycles. The Hall–Kier alpha value is -2.86. The molecule has 0 aromatic heterocycles.